The molecule has 0 fully saturated rings. The van der Waals surface area contributed by atoms with Gasteiger partial charge in [-0.15, -0.1) is 0 Å². The normalized spacial score (nSPS) is 12.3. The van der Waals surface area contributed by atoms with Crippen LogP contribution in [0, 0.1) is 0 Å². The monoisotopic (exact) mass is 470 g/mol. The van der Waals surface area contributed by atoms with Crippen LogP contribution in [0.1, 0.15) is 33.3 Å². The number of benzene rings is 1. The molecule has 1 aromatic carbocycles. The minimum Gasteiger partial charge on any atom is -0.328 e. The zero-order valence-electron chi connectivity index (χ0n) is 18.5. The van der Waals surface area contributed by atoms with E-state index in [1.807, 2.05) is 30.3 Å². The molecule has 2 rings (SSSR count). The first kappa shape index (κ1) is 25.7. The van der Waals surface area contributed by atoms with Crippen molar-refractivity contribution < 1.29 is 27.2 Å². The second-order valence-corrected chi connectivity index (χ2v) is 11.0. The van der Waals surface area contributed by atoms with Crippen molar-refractivity contribution in [1.82, 2.24) is 4.98 Å². The van der Waals surface area contributed by atoms with Gasteiger partial charge in [-0.3, -0.25) is 9.13 Å². The van der Waals surface area contributed by atoms with Crippen molar-refractivity contribution in [3.05, 3.63) is 60.3 Å². The molecule has 0 N–H and O–H groups in total. The number of pyridine rings is 1. The smallest absolute Gasteiger partial charge is 0.328 e. The topological polar surface area (TPSA) is 87.2 Å². The summed E-state index contributed by atoms with van der Waals surface area (Å²) in [4.78, 5) is 6.07. The van der Waals surface area contributed by atoms with Crippen molar-refractivity contribution in [3.8, 4) is 0 Å². The third kappa shape index (κ3) is 6.72. The van der Waals surface area contributed by atoms with Gasteiger partial charge in [-0.2, -0.15) is 0 Å². The number of rotatable bonds is 14. The molecule has 0 radical (unpaired) electrons. The second-order valence-electron chi connectivity index (χ2n) is 6.40. The first-order valence-corrected chi connectivity index (χ1v) is 13.7. The van der Waals surface area contributed by atoms with Gasteiger partial charge in [0.25, 0.3) is 0 Å². The molecule has 0 bridgehead atoms. The highest BCUT2D eigenvalue weighted by Gasteiger charge is 2.55. The van der Waals surface area contributed by atoms with E-state index < -0.39 is 20.7 Å². The fourth-order valence-corrected chi connectivity index (χ4v) is 8.55. The van der Waals surface area contributed by atoms with Crippen molar-refractivity contribution in [2.45, 2.75) is 39.8 Å². The van der Waals surface area contributed by atoms with Crippen molar-refractivity contribution in [2.75, 3.05) is 31.3 Å². The third-order valence-electron chi connectivity index (χ3n) is 4.22. The van der Waals surface area contributed by atoms with Crippen molar-refractivity contribution in [3.63, 3.8) is 0 Å². The minimum atomic E-state index is -4.00. The van der Waals surface area contributed by atoms with E-state index in [1.165, 1.54) is 0 Å². The summed E-state index contributed by atoms with van der Waals surface area (Å²) < 4.78 is 50.7. The van der Waals surface area contributed by atoms with Gasteiger partial charge >= 0.3 is 15.2 Å². The Morgan fingerprint density at radius 1 is 0.774 bits per heavy atom. The maximum Gasteiger partial charge on any atom is 0.365 e. The average Bonchev–Trinajstić information content (AvgIpc) is 2.75. The highest BCUT2D eigenvalue weighted by Crippen LogP contribution is 2.71. The SMILES string of the molecule is CCOP(=O)(OCC)C(N(Cc1ccccc1)c1ccccn1)P(=O)(OCC)OCC. The fourth-order valence-electron chi connectivity index (χ4n) is 3.16. The summed E-state index contributed by atoms with van der Waals surface area (Å²) in [6.07, 6.45) is 1.61. The van der Waals surface area contributed by atoms with Gasteiger partial charge in [-0.1, -0.05) is 36.4 Å². The van der Waals surface area contributed by atoms with Gasteiger partial charge in [0.15, 0.2) is 0 Å². The summed E-state index contributed by atoms with van der Waals surface area (Å²) in [5.74, 6) is 0.454. The molecule has 0 spiro atoms. The maximum atomic E-state index is 14.1. The van der Waals surface area contributed by atoms with E-state index in [0.717, 1.165) is 5.56 Å². The number of hydrogen-bond donors (Lipinski definition) is 0. The van der Waals surface area contributed by atoms with Gasteiger partial charge in [-0.05, 0) is 45.4 Å². The molecule has 1 aromatic heterocycles. The van der Waals surface area contributed by atoms with Gasteiger partial charge < -0.3 is 23.0 Å². The molecule has 10 heteroatoms. The summed E-state index contributed by atoms with van der Waals surface area (Å²) in [6.45, 7) is 7.49. The Hall–Kier alpha value is -1.53. The Kier molecular flexibility index (Phi) is 10.4. The van der Waals surface area contributed by atoms with Crippen LogP contribution >= 0.6 is 15.2 Å². The molecule has 172 valence electrons. The van der Waals surface area contributed by atoms with Gasteiger partial charge in [0.05, 0.1) is 26.4 Å². The van der Waals surface area contributed by atoms with Crippen LogP contribution < -0.4 is 4.90 Å². The van der Waals surface area contributed by atoms with Crippen LogP contribution in [0.4, 0.5) is 5.82 Å². The van der Waals surface area contributed by atoms with E-state index >= 15 is 0 Å². The Bertz CT molecular complexity index is 819. The largest absolute Gasteiger partial charge is 0.365 e. The van der Waals surface area contributed by atoms with E-state index in [4.69, 9.17) is 18.1 Å². The van der Waals surface area contributed by atoms with Crippen LogP contribution in [0.5, 0.6) is 0 Å². The van der Waals surface area contributed by atoms with E-state index in [-0.39, 0.29) is 33.0 Å². The molecule has 31 heavy (non-hydrogen) atoms. The zero-order valence-corrected chi connectivity index (χ0v) is 20.3. The van der Waals surface area contributed by atoms with Gasteiger partial charge in [0.1, 0.15) is 5.82 Å². The molecule has 0 unspecified atom stereocenters. The Balaban J connectivity index is 2.72. The fraction of sp³-hybridized carbons (Fsp3) is 0.476. The predicted octanol–water partition coefficient (Wildman–Crippen LogP) is 5.90. The van der Waals surface area contributed by atoms with E-state index in [0.29, 0.717) is 5.82 Å². The Morgan fingerprint density at radius 3 is 1.68 bits per heavy atom. The standard InChI is InChI=1S/C21H32N2O6P2/c1-5-26-30(24,27-6-2)21(31(25,28-7-3)29-8-4)23(20-16-12-13-17-22-20)18-19-14-10-9-11-15-19/h9-17,21H,5-8,18H2,1-4H3. The van der Waals surface area contributed by atoms with E-state index in [9.17, 15) is 9.13 Å². The average molecular weight is 470 g/mol. The van der Waals surface area contributed by atoms with Crippen LogP contribution in [0.25, 0.3) is 0 Å². The van der Waals surface area contributed by atoms with Crippen LogP contribution in [-0.4, -0.2) is 36.9 Å². The summed E-state index contributed by atoms with van der Waals surface area (Å²) in [6, 6.07) is 14.9. The third-order valence-corrected chi connectivity index (χ3v) is 10.1. The lowest BCUT2D eigenvalue weighted by Gasteiger charge is -2.39. The summed E-state index contributed by atoms with van der Waals surface area (Å²) in [5, 5.41) is 0. The lowest BCUT2D eigenvalue weighted by atomic mass is 10.2. The highest BCUT2D eigenvalue weighted by atomic mass is 31.2. The summed E-state index contributed by atoms with van der Waals surface area (Å²) >= 11 is 0. The Morgan fingerprint density at radius 2 is 1.26 bits per heavy atom. The summed E-state index contributed by atoms with van der Waals surface area (Å²) in [5.41, 5.74) is -0.438. The van der Waals surface area contributed by atoms with E-state index in [2.05, 4.69) is 4.98 Å². The first-order valence-electron chi connectivity index (χ1n) is 10.4. The minimum absolute atomic E-state index is 0.105. The first-order chi connectivity index (χ1) is 14.9. The number of aromatic nitrogens is 1. The number of anilines is 1. The van der Waals surface area contributed by atoms with Gasteiger partial charge in [0, 0.05) is 12.7 Å². The molecule has 2 aromatic rings. The maximum absolute atomic E-state index is 14.1. The number of hydrogen-bond acceptors (Lipinski definition) is 8. The molecule has 0 saturated carbocycles. The zero-order chi connectivity index (χ0) is 22.7. The molecule has 0 saturated heterocycles. The van der Waals surface area contributed by atoms with Gasteiger partial charge in [0.2, 0.25) is 5.52 Å². The molecular formula is C21H32N2O6P2. The van der Waals surface area contributed by atoms with Crippen LogP contribution in [0.15, 0.2) is 54.7 Å². The van der Waals surface area contributed by atoms with Crippen LogP contribution in [0.3, 0.4) is 0 Å². The van der Waals surface area contributed by atoms with Crippen molar-refractivity contribution in [2.24, 2.45) is 0 Å². The van der Waals surface area contributed by atoms with Crippen LogP contribution in [0.2, 0.25) is 0 Å². The molecule has 0 aliphatic heterocycles. The molecule has 0 aliphatic carbocycles. The van der Waals surface area contributed by atoms with Crippen LogP contribution in [-0.2, 0) is 33.8 Å². The predicted molar refractivity (Wildman–Crippen MR) is 122 cm³/mol. The second kappa shape index (κ2) is 12.5. The molecule has 8 nitrogen and oxygen atoms in total. The number of nitrogens with zero attached hydrogens (tertiary/aromatic N) is 2. The van der Waals surface area contributed by atoms with Gasteiger partial charge in [-0.25, -0.2) is 4.98 Å². The highest BCUT2D eigenvalue weighted by molar-refractivity contribution is 7.73. The van der Waals surface area contributed by atoms with Crippen molar-refractivity contribution >= 4 is 21.0 Å². The Labute approximate surface area is 184 Å². The quantitative estimate of drug-likeness (QED) is 0.315. The van der Waals surface area contributed by atoms with E-state index in [1.54, 1.807) is 57.0 Å². The molecular weight excluding hydrogens is 438 g/mol. The van der Waals surface area contributed by atoms with Crippen molar-refractivity contribution in [1.29, 1.82) is 0 Å². The molecule has 0 aliphatic rings. The molecule has 0 amide bonds. The molecule has 0 atom stereocenters. The lowest BCUT2D eigenvalue weighted by molar-refractivity contribution is 0.194. The summed E-state index contributed by atoms with van der Waals surface area (Å²) in [7, 11) is -7.99. The molecule has 1 heterocycles. The lowest BCUT2D eigenvalue weighted by Crippen LogP contribution is -2.37.